The number of aromatic nitrogens is 4. The maximum atomic E-state index is 15.4. The normalized spacial score (nSPS) is 28.3. The number of amides is 7. The van der Waals surface area contributed by atoms with Gasteiger partial charge in [-0.05, 0) is 143 Å². The number of carbonyl (C=O) groups excluding carboxylic acids is 7. The van der Waals surface area contributed by atoms with E-state index in [1.54, 1.807) is 53.7 Å². The summed E-state index contributed by atoms with van der Waals surface area (Å²) in [5.41, 5.74) is -1.87. The first-order valence-electron chi connectivity index (χ1n) is 35.0. The average molecular weight is 1440 g/mol. The Balaban J connectivity index is 0.000000220. The van der Waals surface area contributed by atoms with E-state index >= 15 is 8.78 Å². The van der Waals surface area contributed by atoms with Gasteiger partial charge in [0.2, 0.25) is 57.3 Å². The third-order valence-corrected chi connectivity index (χ3v) is 22.0. The van der Waals surface area contributed by atoms with E-state index in [0.717, 1.165) is 0 Å². The van der Waals surface area contributed by atoms with Crippen LogP contribution >= 0.6 is 0 Å². The van der Waals surface area contributed by atoms with Gasteiger partial charge in [-0.3, -0.25) is 28.7 Å². The molecular weight excluding hydrogens is 1340 g/mol. The number of fused-ring (bicyclic) bond motifs is 6. The number of nitrogens with one attached hydrogen (secondary N) is 5. The maximum Gasteiger partial charge on any atom is 0.408 e. The minimum atomic E-state index is -4.17. The van der Waals surface area contributed by atoms with Crippen molar-refractivity contribution in [1.29, 1.82) is 0 Å². The van der Waals surface area contributed by atoms with E-state index in [9.17, 15) is 60.7 Å². The fourth-order valence-electron chi connectivity index (χ4n) is 13.8. The van der Waals surface area contributed by atoms with Crippen LogP contribution in [0.3, 0.4) is 0 Å². The highest BCUT2D eigenvalue weighted by molar-refractivity contribution is 7.91. The summed E-state index contributed by atoms with van der Waals surface area (Å²) in [4.78, 5) is 130. The van der Waals surface area contributed by atoms with Crippen LogP contribution < -0.4 is 35.5 Å². The van der Waals surface area contributed by atoms with Gasteiger partial charge in [0.15, 0.2) is 0 Å². The number of hydrogen-bond donors (Lipinski definition) is 6. The number of benzene rings is 2. The number of carbonyl (C=O) groups is 8. The molecule has 10 atom stereocenters. The van der Waals surface area contributed by atoms with Crippen LogP contribution in [0.15, 0.2) is 48.5 Å². The SMILES string of the molecule is CCc1nc2ccccc2nc1O[C@@H]1C[C@H]2C(=O)N[C@]3(C(=O)NS(=O)(=O)C4(C)CC4)C[C@H]3CC(F)(F)CCCCC[C@H](NC(=O)OC(C)(C)C)C(=O)N2C1.CCc1nc2ccccc2nc1O[C@@H]1C[C@H]2C(=O)N[C@]3(C(=O)O)C[C@H]3CC(F)(F)CCCCC[C@H](NC(=O)OC(C)(C)C)C(=O)N2C1. The first-order valence-corrected chi connectivity index (χ1v) is 36.5. The van der Waals surface area contributed by atoms with Crippen molar-refractivity contribution in [3.05, 3.63) is 59.9 Å². The van der Waals surface area contributed by atoms with Crippen molar-refractivity contribution in [1.82, 2.24) is 55.7 Å². The van der Waals surface area contributed by atoms with Gasteiger partial charge in [-0.15, -0.1) is 0 Å². The highest BCUT2D eigenvalue weighted by Crippen LogP contribution is 2.53. The number of aryl methyl sites for hydroxylation is 2. The summed E-state index contributed by atoms with van der Waals surface area (Å²) >= 11 is 0. The number of aliphatic carboxylic acids is 1. The lowest BCUT2D eigenvalue weighted by molar-refractivity contribution is -0.146. The Morgan fingerprint density at radius 3 is 1.36 bits per heavy atom. The van der Waals surface area contributed by atoms with Gasteiger partial charge in [-0.1, -0.05) is 63.8 Å². The van der Waals surface area contributed by atoms with Crippen LogP contribution in [0.1, 0.15) is 189 Å². The first-order chi connectivity index (χ1) is 47.3. The van der Waals surface area contributed by atoms with Crippen LogP contribution in [0.4, 0.5) is 27.2 Å². The fourth-order valence-corrected chi connectivity index (χ4v) is 15.1. The summed E-state index contributed by atoms with van der Waals surface area (Å²) in [5.74, 6) is -13.2. The topological polar surface area (TPSA) is 346 Å². The summed E-state index contributed by atoms with van der Waals surface area (Å²) in [5, 5.41) is 20.5. The molecule has 3 aliphatic carbocycles. The molecule has 6 N–H and O–H groups in total. The number of nitrogens with zero attached hydrogens (tertiary/aromatic N) is 6. The summed E-state index contributed by atoms with van der Waals surface area (Å²) < 4.78 is 111. The predicted octanol–water partition coefficient (Wildman–Crippen LogP) is 8.68. The van der Waals surface area contributed by atoms with Gasteiger partial charge in [0.25, 0.3) is 5.91 Å². The Morgan fingerprint density at radius 2 is 0.970 bits per heavy atom. The molecule has 7 fully saturated rings. The standard InChI is InChI=1S/C37H50F2N6O8S.C33H43F2N5O7/c1-6-24-30(41-26-13-10-9-12-25(26)40-24)52-23-18-28-29(46)43-37(32(48)44-54(50,51)35(5)16-17-35)20-22(37)19-36(38,39)15-11-7-8-14-27(31(47)45(28)21-23)42-33(49)53-34(2,3)4;1-5-21-27(37-23-12-9-8-11-22(23)36-21)46-20-15-25-26(41)39-33(29(43)44)17-19(33)16-32(34,35)14-10-6-7-13-24(28(42)40(25)18-20)38-30(45)47-31(2,3)4/h9-10,12-13,22-23,27-28H,6-8,11,14-21H2,1-5H3,(H,42,49)(H,43,46)(H,44,48);8-9,11-12,19-20,24-25H,5-7,10,13-18H2,1-4H3,(H,38,45)(H,39,41)(H,43,44)/t22-,23-,27+,28+,37-;19-,20-,24+,25+,33-/m11/s1. The minimum absolute atomic E-state index is 0.0229. The van der Waals surface area contributed by atoms with E-state index in [1.807, 2.05) is 50.2 Å². The van der Waals surface area contributed by atoms with Gasteiger partial charge in [-0.2, -0.15) is 0 Å². The zero-order valence-electron chi connectivity index (χ0n) is 58.6. The molecule has 7 aliphatic rings. The Hall–Kier alpha value is -8.25. The van der Waals surface area contributed by atoms with Gasteiger partial charge < -0.3 is 55.1 Å². The van der Waals surface area contributed by atoms with Crippen molar-refractivity contribution in [2.75, 3.05) is 13.1 Å². The van der Waals surface area contributed by atoms with Crippen LogP contribution in [-0.2, 0) is 61.1 Å². The quantitative estimate of drug-likeness (QED) is 0.0722. The number of sulfonamides is 1. The van der Waals surface area contributed by atoms with Gasteiger partial charge in [0.05, 0.1) is 39.9 Å². The van der Waals surface area contributed by atoms with E-state index in [1.165, 1.54) is 16.7 Å². The maximum absolute atomic E-state index is 15.4. The highest BCUT2D eigenvalue weighted by Gasteiger charge is 2.67. The summed E-state index contributed by atoms with van der Waals surface area (Å²) in [6, 6.07) is 9.75. The zero-order chi connectivity index (χ0) is 73.4. The lowest BCUT2D eigenvalue weighted by Crippen LogP contribution is -2.59. The Kier molecular flexibility index (Phi) is 21.8. The van der Waals surface area contributed by atoms with Crippen molar-refractivity contribution in [2.45, 2.75) is 266 Å². The van der Waals surface area contributed by atoms with Crippen LogP contribution in [0.25, 0.3) is 22.1 Å². The molecule has 101 heavy (non-hydrogen) atoms. The Labute approximate surface area is 584 Å². The van der Waals surface area contributed by atoms with Crippen LogP contribution in [-0.4, -0.2) is 179 Å². The molecule has 552 valence electrons. The molecule has 3 saturated carbocycles. The Morgan fingerprint density at radius 1 is 0.584 bits per heavy atom. The van der Waals surface area contributed by atoms with E-state index in [4.69, 9.17) is 18.9 Å². The van der Waals surface area contributed by atoms with Gasteiger partial charge in [0.1, 0.15) is 70.0 Å². The van der Waals surface area contributed by atoms with Crippen molar-refractivity contribution < 1.29 is 88.4 Å². The minimum Gasteiger partial charge on any atom is -0.479 e. The number of alkyl carbamates (subject to hydrolysis) is 2. The molecule has 26 nitrogen and oxygen atoms in total. The third kappa shape index (κ3) is 18.0. The summed E-state index contributed by atoms with van der Waals surface area (Å²) in [7, 11) is -4.17. The Bertz CT molecular complexity index is 3950. The number of carboxylic acid groups (broad SMARTS) is 1. The lowest BCUT2D eigenvalue weighted by atomic mass is 10.00. The molecule has 4 saturated heterocycles. The second kappa shape index (κ2) is 29.2. The average Bonchev–Trinajstić information content (AvgIpc) is 1.59. The van der Waals surface area contributed by atoms with E-state index < -0.39 is 170 Å². The molecule has 11 rings (SSSR count). The third-order valence-electron chi connectivity index (χ3n) is 19.8. The van der Waals surface area contributed by atoms with Crippen LogP contribution in [0.2, 0.25) is 0 Å². The largest absolute Gasteiger partial charge is 0.479 e. The molecule has 0 bridgehead atoms. The summed E-state index contributed by atoms with van der Waals surface area (Å²) in [6.45, 7) is 15.1. The molecule has 0 radical (unpaired) electrons. The molecular formula is C70H93F4N11O15S. The second-order valence-corrected chi connectivity index (χ2v) is 32.4. The molecule has 4 aromatic rings. The number of carboxylic acids is 1. The molecule has 0 unspecified atom stereocenters. The summed E-state index contributed by atoms with van der Waals surface area (Å²) in [6.07, 6.45) is -2.62. The first kappa shape index (κ1) is 75.4. The molecule has 2 aromatic carbocycles. The second-order valence-electron chi connectivity index (χ2n) is 30.2. The number of hydrogen-bond acceptors (Lipinski definition) is 18. The predicted molar refractivity (Wildman–Crippen MR) is 359 cm³/mol. The van der Waals surface area contributed by atoms with Crippen LogP contribution in [0.5, 0.6) is 11.8 Å². The molecule has 7 amide bonds. The van der Waals surface area contributed by atoms with Crippen LogP contribution in [0, 0.1) is 11.8 Å². The smallest absolute Gasteiger partial charge is 0.408 e. The number of ether oxygens (including phenoxy) is 4. The van der Waals surface area contributed by atoms with Gasteiger partial charge >= 0.3 is 18.2 Å². The zero-order valence-corrected chi connectivity index (χ0v) is 59.4. The van der Waals surface area contributed by atoms with Crippen molar-refractivity contribution in [2.24, 2.45) is 11.8 Å². The molecule has 31 heteroatoms. The number of rotatable bonds is 12. The van der Waals surface area contributed by atoms with E-state index in [-0.39, 0.29) is 76.2 Å². The highest BCUT2D eigenvalue weighted by atomic mass is 32.2. The molecule has 6 heterocycles. The van der Waals surface area contributed by atoms with Crippen molar-refractivity contribution >= 4 is 79.8 Å². The van der Waals surface area contributed by atoms with Crippen molar-refractivity contribution in [3.63, 3.8) is 0 Å². The van der Waals surface area contributed by atoms with E-state index in [2.05, 4.69) is 45.9 Å². The fraction of sp³-hybridized carbons (Fsp3) is 0.657. The molecule has 2 aromatic heterocycles. The molecule has 4 aliphatic heterocycles. The lowest BCUT2D eigenvalue weighted by Gasteiger charge is -2.30. The number of halogens is 4. The number of para-hydroxylation sites is 4. The monoisotopic (exact) mass is 1440 g/mol. The molecule has 0 spiro atoms. The number of alkyl halides is 4. The van der Waals surface area contributed by atoms with Gasteiger partial charge in [-0.25, -0.2) is 60.3 Å². The van der Waals surface area contributed by atoms with Crippen molar-refractivity contribution in [3.8, 4) is 11.8 Å². The van der Waals surface area contributed by atoms with E-state index in [0.29, 0.717) is 84.8 Å². The van der Waals surface area contributed by atoms with Gasteiger partial charge in [0, 0.05) is 44.4 Å².